The van der Waals surface area contributed by atoms with Crippen LogP contribution in [0.2, 0.25) is 5.02 Å². The summed E-state index contributed by atoms with van der Waals surface area (Å²) in [6.45, 7) is 2.71. The topological polar surface area (TPSA) is 94.3 Å². The molecule has 5 rings (SSSR count). The van der Waals surface area contributed by atoms with Crippen LogP contribution in [0, 0.1) is 12.3 Å². The minimum atomic E-state index is -1.77. The summed E-state index contributed by atoms with van der Waals surface area (Å²) in [5, 5.41) is 6.70. The minimum Gasteiger partial charge on any atom is -0.350 e. The molecule has 0 radical (unpaired) electrons. The second-order valence-corrected chi connectivity index (χ2v) is 10.7. The molecule has 9 heteroatoms. The predicted molar refractivity (Wildman–Crippen MR) is 140 cm³/mol. The van der Waals surface area contributed by atoms with Crippen molar-refractivity contribution >= 4 is 45.9 Å². The molecule has 1 spiro atoms. The lowest BCUT2D eigenvalue weighted by atomic mass is 9.79. The first-order valence-corrected chi connectivity index (χ1v) is 12.3. The van der Waals surface area contributed by atoms with E-state index in [1.807, 2.05) is 18.2 Å². The second kappa shape index (κ2) is 8.93. The maximum atomic E-state index is 14.8. The van der Waals surface area contributed by atoms with Gasteiger partial charge in [0, 0.05) is 34.6 Å². The van der Waals surface area contributed by atoms with Crippen molar-refractivity contribution in [2.45, 2.75) is 49.9 Å². The zero-order chi connectivity index (χ0) is 26.5. The third-order valence-electron chi connectivity index (χ3n) is 7.11. The third-order valence-corrected chi connectivity index (χ3v) is 7.44. The van der Waals surface area contributed by atoms with E-state index in [1.54, 1.807) is 30.3 Å². The number of nitrogens with one attached hydrogen (secondary N) is 3. The number of anilines is 1. The molecule has 2 aliphatic heterocycles. The lowest BCUT2D eigenvalue weighted by Gasteiger charge is -2.30. The zero-order valence-corrected chi connectivity index (χ0v) is 21.2. The zero-order valence-electron chi connectivity index (χ0n) is 20.4. The number of carbonyl (C=O) groups excluding carboxylic acids is 3. The summed E-state index contributed by atoms with van der Waals surface area (Å²) in [5.74, 6) is 1.28. The number of hydrogen-bond donors (Lipinski definition) is 3. The molecule has 3 amide bonds. The summed E-state index contributed by atoms with van der Waals surface area (Å²) in [5.41, 5.74) is -0.463. The van der Waals surface area contributed by atoms with Crippen LogP contribution in [0.15, 0.2) is 48.5 Å². The summed E-state index contributed by atoms with van der Waals surface area (Å²) < 4.78 is 14.8. The van der Waals surface area contributed by atoms with Gasteiger partial charge in [-0.1, -0.05) is 41.8 Å². The highest BCUT2D eigenvalue weighted by atomic mass is 35.5. The number of amides is 3. The first kappa shape index (κ1) is 24.8. The average Bonchev–Trinajstić information content (AvgIpc) is 3.53. The van der Waals surface area contributed by atoms with Crippen molar-refractivity contribution in [1.82, 2.24) is 15.2 Å². The number of alkyl halides is 1. The molecule has 3 aromatic rings. The number of aromatic nitrogens is 1. The number of terminal acetylenes is 1. The van der Waals surface area contributed by atoms with Gasteiger partial charge in [0.2, 0.25) is 11.8 Å². The molecule has 7 nitrogen and oxygen atoms in total. The van der Waals surface area contributed by atoms with Gasteiger partial charge in [0.25, 0.3) is 5.91 Å². The maximum Gasteiger partial charge on any atom is 0.268 e. The number of halogens is 2. The highest BCUT2D eigenvalue weighted by molar-refractivity contribution is 6.35. The highest BCUT2D eigenvalue weighted by Crippen LogP contribution is 2.46. The van der Waals surface area contributed by atoms with Crippen LogP contribution in [0.25, 0.3) is 10.9 Å². The lowest BCUT2D eigenvalue weighted by molar-refractivity contribution is -0.134. The van der Waals surface area contributed by atoms with Crippen LogP contribution in [0.3, 0.4) is 0 Å². The van der Waals surface area contributed by atoms with Crippen molar-refractivity contribution in [1.29, 1.82) is 0 Å². The molecule has 0 saturated carbocycles. The molecule has 2 aromatic carbocycles. The van der Waals surface area contributed by atoms with Crippen molar-refractivity contribution in [2.24, 2.45) is 0 Å². The highest BCUT2D eigenvalue weighted by Gasteiger charge is 2.56. The van der Waals surface area contributed by atoms with E-state index in [9.17, 15) is 18.8 Å². The molecule has 1 aromatic heterocycles. The number of benzene rings is 2. The van der Waals surface area contributed by atoms with Crippen molar-refractivity contribution in [3.63, 3.8) is 0 Å². The fraction of sp³-hybridized carbons (Fsp3) is 0.321. The van der Waals surface area contributed by atoms with Gasteiger partial charge in [-0.25, -0.2) is 4.39 Å². The Morgan fingerprint density at radius 2 is 2.05 bits per heavy atom. The first-order valence-electron chi connectivity index (χ1n) is 12.0. The molecule has 0 bridgehead atoms. The van der Waals surface area contributed by atoms with Crippen molar-refractivity contribution in [3.05, 3.63) is 64.8 Å². The Bertz CT molecular complexity index is 1470. The standard InChI is InChI=1S/C28H26ClFN4O3/c1-4-16-13-28(18-8-5-6-10-21(18)33-26(28)37)15-34(16)25(36)23(14-27(2,3)30)32-24(35)22-12-17-19(29)9-7-11-20(17)31-22/h1,5-12,16,23,31H,13-15H2,2-3H3,(H,32,35)(H,33,37)/t16?,23?,28-/m0/s1. The molecule has 1 fully saturated rings. The molecule has 3 heterocycles. The molecule has 2 aliphatic rings. The summed E-state index contributed by atoms with van der Waals surface area (Å²) in [7, 11) is 0. The van der Waals surface area contributed by atoms with Gasteiger partial charge in [-0.05, 0) is 50.1 Å². The number of nitrogens with zero attached hydrogens (tertiary/aromatic N) is 1. The largest absolute Gasteiger partial charge is 0.350 e. The SMILES string of the molecule is C#CC1C[C@@]2(CN1C(=O)C(CC(C)(C)F)NC(=O)c1cc3c(Cl)cccc3[nH]1)C(=O)Nc1ccccc12. The molecule has 190 valence electrons. The summed E-state index contributed by atoms with van der Waals surface area (Å²) in [6, 6.07) is 12.2. The maximum absolute atomic E-state index is 14.8. The molecule has 0 aliphatic carbocycles. The van der Waals surface area contributed by atoms with Crippen LogP contribution in [-0.2, 0) is 15.0 Å². The molecule has 37 heavy (non-hydrogen) atoms. The quantitative estimate of drug-likeness (QED) is 0.440. The van der Waals surface area contributed by atoms with Gasteiger partial charge in [-0.15, -0.1) is 6.42 Å². The van der Waals surface area contributed by atoms with Crippen LogP contribution >= 0.6 is 11.6 Å². The van der Waals surface area contributed by atoms with Gasteiger partial charge >= 0.3 is 0 Å². The molecule has 2 unspecified atom stereocenters. The fourth-order valence-corrected chi connectivity index (χ4v) is 5.61. The molecular formula is C28H26ClFN4O3. The average molecular weight is 521 g/mol. The number of hydrogen-bond acceptors (Lipinski definition) is 3. The Kier molecular flexibility index (Phi) is 5.99. The predicted octanol–water partition coefficient (Wildman–Crippen LogP) is 4.18. The summed E-state index contributed by atoms with van der Waals surface area (Å²) >= 11 is 6.23. The van der Waals surface area contributed by atoms with E-state index in [1.165, 1.54) is 18.7 Å². The number of H-pyrrole nitrogens is 1. The van der Waals surface area contributed by atoms with E-state index in [-0.39, 0.29) is 31.0 Å². The van der Waals surface area contributed by atoms with Gasteiger partial charge in [0.1, 0.15) is 17.4 Å². The molecule has 1 saturated heterocycles. The van der Waals surface area contributed by atoms with Crippen LogP contribution in [0.1, 0.15) is 42.7 Å². The summed E-state index contributed by atoms with van der Waals surface area (Å²) in [6.07, 6.45) is 5.76. The number of carbonyl (C=O) groups is 3. The van der Waals surface area contributed by atoms with E-state index in [0.29, 0.717) is 21.6 Å². The molecule has 3 atom stereocenters. The Morgan fingerprint density at radius 3 is 2.76 bits per heavy atom. The number of aromatic amines is 1. The molecule has 3 N–H and O–H groups in total. The van der Waals surface area contributed by atoms with Crippen LogP contribution in [-0.4, -0.2) is 51.9 Å². The number of para-hydroxylation sites is 1. The Morgan fingerprint density at radius 1 is 1.30 bits per heavy atom. The van der Waals surface area contributed by atoms with Crippen LogP contribution in [0.5, 0.6) is 0 Å². The van der Waals surface area contributed by atoms with Crippen molar-refractivity contribution < 1.29 is 18.8 Å². The number of rotatable bonds is 5. The van der Waals surface area contributed by atoms with E-state index < -0.39 is 35.0 Å². The third kappa shape index (κ3) is 4.34. The van der Waals surface area contributed by atoms with Gasteiger partial charge < -0.3 is 20.5 Å². The van der Waals surface area contributed by atoms with Crippen LogP contribution in [0.4, 0.5) is 10.1 Å². The second-order valence-electron chi connectivity index (χ2n) is 10.3. The summed E-state index contributed by atoms with van der Waals surface area (Å²) in [4.78, 5) is 44.5. The Hall–Kier alpha value is -3.83. The monoisotopic (exact) mass is 520 g/mol. The smallest absolute Gasteiger partial charge is 0.268 e. The van der Waals surface area contributed by atoms with E-state index in [0.717, 1.165) is 5.56 Å². The fourth-order valence-electron chi connectivity index (χ4n) is 5.38. The minimum absolute atomic E-state index is 0.0324. The Balaban J connectivity index is 1.44. The first-order chi connectivity index (χ1) is 17.5. The van der Waals surface area contributed by atoms with Gasteiger partial charge in [-0.2, -0.15) is 0 Å². The van der Waals surface area contributed by atoms with Crippen LogP contribution < -0.4 is 10.6 Å². The van der Waals surface area contributed by atoms with Crippen molar-refractivity contribution in [3.8, 4) is 12.3 Å². The van der Waals surface area contributed by atoms with E-state index >= 15 is 0 Å². The normalized spacial score (nSPS) is 21.5. The van der Waals surface area contributed by atoms with Gasteiger partial charge in [0.15, 0.2) is 0 Å². The molecular weight excluding hydrogens is 495 g/mol. The van der Waals surface area contributed by atoms with Gasteiger partial charge in [0.05, 0.1) is 11.5 Å². The van der Waals surface area contributed by atoms with E-state index in [4.69, 9.17) is 18.0 Å². The number of likely N-dealkylation sites (tertiary alicyclic amines) is 1. The van der Waals surface area contributed by atoms with E-state index in [2.05, 4.69) is 21.5 Å². The lowest BCUT2D eigenvalue weighted by Crippen LogP contribution is -2.52. The number of fused-ring (bicyclic) bond motifs is 3. The van der Waals surface area contributed by atoms with Gasteiger partial charge in [-0.3, -0.25) is 14.4 Å². The van der Waals surface area contributed by atoms with Crippen molar-refractivity contribution in [2.75, 3.05) is 11.9 Å². The Labute approximate surface area is 218 Å².